The molecule has 0 bridgehead atoms. The van der Waals surface area contributed by atoms with Gasteiger partial charge >= 0.3 is 6.18 Å². The molecule has 182 valence electrons. The fourth-order valence-corrected chi connectivity index (χ4v) is 5.68. The van der Waals surface area contributed by atoms with Crippen molar-refractivity contribution in [1.29, 1.82) is 0 Å². The van der Waals surface area contributed by atoms with E-state index in [-0.39, 0.29) is 30.5 Å². The van der Waals surface area contributed by atoms with Gasteiger partial charge in [0, 0.05) is 11.1 Å². The second-order valence-corrected chi connectivity index (χ2v) is 9.83. The van der Waals surface area contributed by atoms with Crippen LogP contribution in [0.1, 0.15) is 30.1 Å². The minimum Gasteiger partial charge on any atom is -0.486 e. The Morgan fingerprint density at radius 1 is 1.11 bits per heavy atom. The maximum Gasteiger partial charge on any atom is 0.397 e. The van der Waals surface area contributed by atoms with Gasteiger partial charge in [-0.3, -0.25) is 0 Å². The van der Waals surface area contributed by atoms with E-state index in [9.17, 15) is 18.3 Å². The van der Waals surface area contributed by atoms with E-state index in [0.717, 1.165) is 5.56 Å². The van der Waals surface area contributed by atoms with Crippen LogP contribution < -0.4 is 14.2 Å². The van der Waals surface area contributed by atoms with Gasteiger partial charge in [0.25, 0.3) is 0 Å². The van der Waals surface area contributed by atoms with Crippen LogP contribution in [-0.2, 0) is 0 Å². The van der Waals surface area contributed by atoms with Crippen molar-refractivity contribution in [2.45, 2.75) is 32.0 Å². The van der Waals surface area contributed by atoms with Crippen LogP contribution in [0, 0.1) is 12.3 Å². The first-order chi connectivity index (χ1) is 16.7. The van der Waals surface area contributed by atoms with Crippen molar-refractivity contribution in [3.8, 4) is 28.0 Å². The van der Waals surface area contributed by atoms with Crippen LogP contribution in [-0.4, -0.2) is 46.6 Å². The Kier molecular flexibility index (Phi) is 4.88. The molecule has 1 aliphatic heterocycles. The molecule has 1 fully saturated rings. The molecule has 2 aromatic carbocycles. The van der Waals surface area contributed by atoms with Gasteiger partial charge in [-0.1, -0.05) is 0 Å². The van der Waals surface area contributed by atoms with Gasteiger partial charge in [0.15, 0.2) is 11.5 Å². The Morgan fingerprint density at radius 2 is 1.89 bits per heavy atom. The van der Waals surface area contributed by atoms with Crippen molar-refractivity contribution in [2.75, 3.05) is 20.3 Å². The lowest BCUT2D eigenvalue weighted by molar-refractivity contribution is -0.215. The van der Waals surface area contributed by atoms with E-state index >= 15 is 0 Å². The van der Waals surface area contributed by atoms with Gasteiger partial charge in [-0.2, -0.15) is 13.2 Å². The molecule has 0 radical (unpaired) electrons. The molecule has 2 aliphatic rings. The van der Waals surface area contributed by atoms with Crippen LogP contribution in [0.5, 0.6) is 17.4 Å². The zero-order valence-corrected chi connectivity index (χ0v) is 19.6. The van der Waals surface area contributed by atoms with E-state index in [1.807, 2.05) is 19.1 Å². The average molecular weight is 504 g/mol. The lowest BCUT2D eigenvalue weighted by Gasteiger charge is -2.27. The van der Waals surface area contributed by atoms with E-state index in [0.29, 0.717) is 50.3 Å². The number of nitrogens with zero attached hydrogens (tertiary/aromatic N) is 3. The van der Waals surface area contributed by atoms with Crippen LogP contribution in [0.4, 0.5) is 13.2 Å². The summed E-state index contributed by atoms with van der Waals surface area (Å²) >= 11 is 1.26. The highest BCUT2D eigenvalue weighted by molar-refractivity contribution is 7.22. The number of benzene rings is 2. The van der Waals surface area contributed by atoms with Gasteiger partial charge in [-0.25, -0.2) is 15.0 Å². The van der Waals surface area contributed by atoms with E-state index < -0.39 is 17.7 Å². The summed E-state index contributed by atoms with van der Waals surface area (Å²) in [6.45, 7) is 2.48. The first-order valence-electron chi connectivity index (χ1n) is 11.0. The molecule has 0 spiro atoms. The van der Waals surface area contributed by atoms with E-state index in [1.165, 1.54) is 30.7 Å². The number of aliphatic hydroxyl groups is 1. The van der Waals surface area contributed by atoms with Gasteiger partial charge in [0.05, 0.1) is 41.4 Å². The van der Waals surface area contributed by atoms with Crippen molar-refractivity contribution < 1.29 is 32.5 Å². The Labute approximate surface area is 201 Å². The van der Waals surface area contributed by atoms with Gasteiger partial charge in [0.1, 0.15) is 22.9 Å². The quantitative estimate of drug-likeness (QED) is 0.401. The average Bonchev–Trinajstić information content (AvgIpc) is 3.55. The number of hydrogen-bond acceptors (Lipinski definition) is 8. The number of aliphatic hydroxyl groups excluding tert-OH is 1. The minimum absolute atomic E-state index is 0.0892. The molecule has 35 heavy (non-hydrogen) atoms. The highest BCUT2D eigenvalue weighted by Gasteiger charge is 2.67. The third-order valence-corrected chi connectivity index (χ3v) is 7.67. The fourth-order valence-electron chi connectivity index (χ4n) is 4.57. The molecule has 7 nitrogen and oxygen atoms in total. The number of fused-ring (bicyclic) bond motifs is 4. The van der Waals surface area contributed by atoms with Gasteiger partial charge in [-0.15, -0.1) is 11.3 Å². The Balaban J connectivity index is 1.59. The molecule has 1 atom stereocenters. The fraction of sp³-hybridized carbons (Fsp3) is 0.375. The van der Waals surface area contributed by atoms with Gasteiger partial charge in [0.2, 0.25) is 5.88 Å². The van der Waals surface area contributed by atoms with Crippen LogP contribution >= 0.6 is 11.3 Å². The first-order valence-corrected chi connectivity index (χ1v) is 11.8. The van der Waals surface area contributed by atoms with E-state index in [2.05, 4.69) is 9.97 Å². The maximum absolute atomic E-state index is 13.9. The summed E-state index contributed by atoms with van der Waals surface area (Å²) in [6.07, 6.45) is -5.07. The topological polar surface area (TPSA) is 86.6 Å². The molecule has 0 saturated heterocycles. The summed E-state index contributed by atoms with van der Waals surface area (Å²) in [6, 6.07) is 5.21. The monoisotopic (exact) mass is 503 g/mol. The molecule has 0 amide bonds. The molecule has 1 unspecified atom stereocenters. The predicted molar refractivity (Wildman–Crippen MR) is 123 cm³/mol. The lowest BCUT2D eigenvalue weighted by atomic mass is 9.91. The Hall–Kier alpha value is -3.18. The Bertz CT molecular complexity index is 1480. The molecular formula is C24H20F3N3O4S. The number of alkyl halides is 3. The number of thiazole rings is 1. The lowest BCUT2D eigenvalue weighted by Crippen LogP contribution is -2.31. The Morgan fingerprint density at radius 3 is 2.60 bits per heavy atom. The summed E-state index contributed by atoms with van der Waals surface area (Å²) in [7, 11) is 1.51. The van der Waals surface area contributed by atoms with Gasteiger partial charge < -0.3 is 19.3 Å². The highest BCUT2D eigenvalue weighted by atomic mass is 32.1. The second-order valence-electron chi connectivity index (χ2n) is 8.84. The summed E-state index contributed by atoms with van der Waals surface area (Å²) in [5.41, 5.74) is 0.960. The third kappa shape index (κ3) is 3.40. The van der Waals surface area contributed by atoms with Gasteiger partial charge in [-0.05, 0) is 43.5 Å². The molecule has 1 aliphatic carbocycles. The maximum atomic E-state index is 13.9. The van der Waals surface area contributed by atoms with Crippen molar-refractivity contribution >= 4 is 32.6 Å². The standard InChI is InChI=1S/C24H20F3N3O4S/c1-11-7-13(17-14(8-11)29-16(32-2)10-28-17)22-30-18-12(21(31)23(3-4-23)24(25,26)27)9-15-19(20(18)35-22)34-6-5-33-15/h7-10,21,31H,3-6H2,1-2H3. The number of hydrogen-bond donors (Lipinski definition) is 1. The summed E-state index contributed by atoms with van der Waals surface area (Å²) in [5.74, 6) is 1.10. The van der Waals surface area contributed by atoms with Crippen LogP contribution in [0.2, 0.25) is 0 Å². The smallest absolute Gasteiger partial charge is 0.397 e. The molecular weight excluding hydrogens is 483 g/mol. The minimum atomic E-state index is -4.54. The largest absolute Gasteiger partial charge is 0.486 e. The predicted octanol–water partition coefficient (Wildman–Crippen LogP) is 5.37. The molecule has 11 heteroatoms. The van der Waals surface area contributed by atoms with Crippen LogP contribution in [0.3, 0.4) is 0 Å². The molecule has 1 saturated carbocycles. The number of halogens is 3. The zero-order valence-electron chi connectivity index (χ0n) is 18.8. The molecule has 1 N–H and O–H groups in total. The number of ether oxygens (including phenoxy) is 3. The van der Waals surface area contributed by atoms with Crippen molar-refractivity contribution in [1.82, 2.24) is 15.0 Å². The first kappa shape index (κ1) is 22.3. The van der Waals surface area contributed by atoms with Crippen molar-refractivity contribution in [3.63, 3.8) is 0 Å². The number of aromatic nitrogens is 3. The van der Waals surface area contributed by atoms with E-state index in [1.54, 1.807) is 0 Å². The van der Waals surface area contributed by atoms with Crippen LogP contribution in [0.15, 0.2) is 24.4 Å². The van der Waals surface area contributed by atoms with Crippen molar-refractivity contribution in [3.05, 3.63) is 35.5 Å². The zero-order chi connectivity index (χ0) is 24.5. The second kappa shape index (κ2) is 7.66. The third-order valence-electron chi connectivity index (χ3n) is 6.58. The molecule has 4 aromatic rings. The van der Waals surface area contributed by atoms with Crippen LogP contribution in [0.25, 0.3) is 31.8 Å². The number of rotatable bonds is 4. The number of aryl methyl sites for hydroxylation is 1. The molecule has 3 heterocycles. The highest BCUT2D eigenvalue weighted by Crippen LogP contribution is 2.65. The summed E-state index contributed by atoms with van der Waals surface area (Å²) in [4.78, 5) is 13.7. The number of methoxy groups -OCH3 is 1. The molecule has 6 rings (SSSR count). The summed E-state index contributed by atoms with van der Waals surface area (Å²) < 4.78 is 58.8. The van der Waals surface area contributed by atoms with Crippen molar-refractivity contribution in [2.24, 2.45) is 5.41 Å². The summed E-state index contributed by atoms with van der Waals surface area (Å²) in [5, 5.41) is 11.5. The molecule has 2 aromatic heterocycles. The normalized spacial score (nSPS) is 17.5. The SMILES string of the molecule is COc1cnc2c(-c3nc4c(C(O)C5(C(F)(F)F)CC5)cc5c(c4s3)OCCO5)cc(C)cc2n1. The van der Waals surface area contributed by atoms with E-state index in [4.69, 9.17) is 19.2 Å².